The average Bonchev–Trinajstić information content (AvgIpc) is 2.49. The van der Waals surface area contributed by atoms with Crippen LogP contribution >= 0.6 is 27.5 Å². The van der Waals surface area contributed by atoms with Crippen molar-refractivity contribution in [1.82, 2.24) is 0 Å². The number of halogens is 2. The predicted molar refractivity (Wildman–Crippen MR) is 89.3 cm³/mol. The fourth-order valence-corrected chi connectivity index (χ4v) is 2.10. The van der Waals surface area contributed by atoms with Gasteiger partial charge >= 0.3 is 0 Å². The van der Waals surface area contributed by atoms with Gasteiger partial charge in [0.15, 0.2) is 0 Å². The maximum Gasteiger partial charge on any atom is 0.243 e. The fraction of sp³-hybridized carbons (Fsp3) is 0.133. The number of benzene rings is 2. The molecule has 0 unspecified atom stereocenters. The molecule has 2 N–H and O–H groups in total. The molecule has 0 saturated heterocycles. The quantitative estimate of drug-likeness (QED) is 0.832. The molecule has 0 fully saturated rings. The number of anilines is 2. The van der Waals surface area contributed by atoms with Crippen LogP contribution in [0.4, 0.5) is 11.4 Å². The monoisotopic (exact) mass is 368 g/mol. The van der Waals surface area contributed by atoms with E-state index in [1.807, 2.05) is 12.1 Å². The van der Waals surface area contributed by atoms with E-state index in [-0.39, 0.29) is 12.5 Å². The molecule has 2 rings (SSSR count). The summed E-state index contributed by atoms with van der Waals surface area (Å²) in [5.74, 6) is 0.606. The van der Waals surface area contributed by atoms with Crippen LogP contribution < -0.4 is 15.4 Å². The molecule has 2 aromatic rings. The maximum atomic E-state index is 11.8. The van der Waals surface area contributed by atoms with E-state index in [4.69, 9.17) is 16.3 Å². The van der Waals surface area contributed by atoms with Crippen molar-refractivity contribution in [2.75, 3.05) is 24.3 Å². The molecular formula is C15H14BrClN2O2. The second-order valence-electron chi connectivity index (χ2n) is 4.26. The Morgan fingerprint density at radius 3 is 2.48 bits per heavy atom. The van der Waals surface area contributed by atoms with Crippen LogP contribution in [0, 0.1) is 0 Å². The molecule has 0 aliphatic rings. The van der Waals surface area contributed by atoms with E-state index in [9.17, 15) is 4.79 Å². The smallest absolute Gasteiger partial charge is 0.243 e. The van der Waals surface area contributed by atoms with Crippen molar-refractivity contribution in [3.05, 3.63) is 52.0 Å². The molecule has 0 aliphatic heterocycles. The van der Waals surface area contributed by atoms with Crippen LogP contribution in [0.1, 0.15) is 0 Å². The number of ether oxygens (including phenoxy) is 1. The van der Waals surface area contributed by atoms with Crippen LogP contribution in [0.3, 0.4) is 0 Å². The largest absolute Gasteiger partial charge is 0.497 e. The minimum Gasteiger partial charge on any atom is -0.497 e. The number of methoxy groups -OCH3 is 1. The van der Waals surface area contributed by atoms with Crippen molar-refractivity contribution in [2.45, 2.75) is 0 Å². The highest BCUT2D eigenvalue weighted by atomic mass is 79.9. The minimum absolute atomic E-state index is 0.140. The Morgan fingerprint density at radius 1 is 1.19 bits per heavy atom. The zero-order valence-corrected chi connectivity index (χ0v) is 13.7. The lowest BCUT2D eigenvalue weighted by atomic mass is 10.3. The molecule has 2 aromatic carbocycles. The van der Waals surface area contributed by atoms with Crippen molar-refractivity contribution in [2.24, 2.45) is 0 Å². The molecule has 0 aromatic heterocycles. The third-order valence-electron chi connectivity index (χ3n) is 2.75. The average molecular weight is 370 g/mol. The van der Waals surface area contributed by atoms with E-state index in [1.54, 1.807) is 37.4 Å². The molecule has 0 aliphatic carbocycles. The number of hydrogen-bond donors (Lipinski definition) is 2. The van der Waals surface area contributed by atoms with E-state index in [1.165, 1.54) is 0 Å². The van der Waals surface area contributed by atoms with Crippen LogP contribution in [0.5, 0.6) is 5.75 Å². The molecule has 0 saturated carbocycles. The Bertz CT molecular complexity index is 632. The van der Waals surface area contributed by atoms with Crippen molar-refractivity contribution in [3.8, 4) is 5.75 Å². The summed E-state index contributed by atoms with van der Waals surface area (Å²) in [5.41, 5.74) is 1.50. The molecule has 4 nitrogen and oxygen atoms in total. The molecule has 0 atom stereocenters. The van der Waals surface area contributed by atoms with Crippen LogP contribution in [-0.4, -0.2) is 19.6 Å². The van der Waals surface area contributed by atoms with Crippen molar-refractivity contribution < 1.29 is 9.53 Å². The van der Waals surface area contributed by atoms with Gasteiger partial charge in [0.1, 0.15) is 5.75 Å². The van der Waals surface area contributed by atoms with Crippen LogP contribution in [0.2, 0.25) is 5.02 Å². The first-order chi connectivity index (χ1) is 10.1. The number of nitrogens with one attached hydrogen (secondary N) is 2. The summed E-state index contributed by atoms with van der Waals surface area (Å²) in [4.78, 5) is 11.8. The van der Waals surface area contributed by atoms with E-state index < -0.39 is 0 Å². The normalized spacial score (nSPS) is 10.0. The summed E-state index contributed by atoms with van der Waals surface area (Å²) in [6, 6.07) is 12.6. The molecule has 0 heterocycles. The Morgan fingerprint density at radius 2 is 1.86 bits per heavy atom. The van der Waals surface area contributed by atoms with E-state index in [2.05, 4.69) is 26.6 Å². The third kappa shape index (κ3) is 4.65. The Kier molecular flexibility index (Phi) is 5.47. The van der Waals surface area contributed by atoms with E-state index >= 15 is 0 Å². The predicted octanol–water partition coefficient (Wildman–Crippen LogP) is 4.16. The van der Waals surface area contributed by atoms with Gasteiger partial charge in [0.2, 0.25) is 5.91 Å². The van der Waals surface area contributed by atoms with Gasteiger partial charge in [-0.3, -0.25) is 4.79 Å². The number of carbonyl (C=O) groups is 1. The maximum absolute atomic E-state index is 11.8. The van der Waals surface area contributed by atoms with Crippen LogP contribution in [0.25, 0.3) is 0 Å². The standard InChI is InChI=1S/C15H14BrClN2O2/c1-21-12-5-2-10(3-6-12)19-15(20)9-18-11-4-7-13(16)14(17)8-11/h2-8,18H,9H2,1H3,(H,19,20). The molecule has 110 valence electrons. The summed E-state index contributed by atoms with van der Waals surface area (Å²) in [5, 5.41) is 6.40. The van der Waals surface area contributed by atoms with Gasteiger partial charge in [-0.1, -0.05) is 11.6 Å². The zero-order valence-electron chi connectivity index (χ0n) is 11.3. The van der Waals surface area contributed by atoms with Gasteiger partial charge < -0.3 is 15.4 Å². The second kappa shape index (κ2) is 7.33. The van der Waals surface area contributed by atoms with Gasteiger partial charge in [-0.2, -0.15) is 0 Å². The first kappa shape index (κ1) is 15.7. The van der Waals surface area contributed by atoms with Gasteiger partial charge in [-0.25, -0.2) is 0 Å². The fourth-order valence-electron chi connectivity index (χ4n) is 1.67. The lowest BCUT2D eigenvalue weighted by Gasteiger charge is -2.09. The van der Waals surface area contributed by atoms with Gasteiger partial charge in [0.25, 0.3) is 0 Å². The number of carbonyl (C=O) groups excluding carboxylic acids is 1. The summed E-state index contributed by atoms with van der Waals surface area (Å²) in [6.07, 6.45) is 0. The molecule has 1 amide bonds. The number of hydrogen-bond acceptors (Lipinski definition) is 3. The van der Waals surface area contributed by atoms with Crippen LogP contribution in [-0.2, 0) is 4.79 Å². The van der Waals surface area contributed by atoms with E-state index in [0.717, 1.165) is 21.6 Å². The molecule has 21 heavy (non-hydrogen) atoms. The highest BCUT2D eigenvalue weighted by Crippen LogP contribution is 2.25. The van der Waals surface area contributed by atoms with Gasteiger partial charge in [0.05, 0.1) is 18.7 Å². The summed E-state index contributed by atoms with van der Waals surface area (Å²) >= 11 is 9.30. The van der Waals surface area contributed by atoms with Crippen LogP contribution in [0.15, 0.2) is 46.9 Å². The topological polar surface area (TPSA) is 50.4 Å². The lowest BCUT2D eigenvalue weighted by Crippen LogP contribution is -2.21. The van der Waals surface area contributed by atoms with Gasteiger partial charge in [-0.15, -0.1) is 0 Å². The first-order valence-corrected chi connectivity index (χ1v) is 7.38. The second-order valence-corrected chi connectivity index (χ2v) is 5.52. The Hall–Kier alpha value is -1.72. The summed E-state index contributed by atoms with van der Waals surface area (Å²) in [7, 11) is 1.60. The number of amides is 1. The highest BCUT2D eigenvalue weighted by molar-refractivity contribution is 9.10. The molecule has 0 radical (unpaired) electrons. The zero-order chi connectivity index (χ0) is 15.2. The van der Waals surface area contributed by atoms with Crippen molar-refractivity contribution in [1.29, 1.82) is 0 Å². The molecule has 0 bridgehead atoms. The Balaban J connectivity index is 1.87. The molecule has 0 spiro atoms. The van der Waals surface area contributed by atoms with E-state index in [0.29, 0.717) is 5.02 Å². The highest BCUT2D eigenvalue weighted by Gasteiger charge is 2.04. The summed E-state index contributed by atoms with van der Waals surface area (Å²) < 4.78 is 5.88. The SMILES string of the molecule is COc1ccc(NC(=O)CNc2ccc(Br)c(Cl)c2)cc1. The third-order valence-corrected chi connectivity index (χ3v) is 3.98. The molecular weight excluding hydrogens is 356 g/mol. The molecule has 6 heteroatoms. The first-order valence-electron chi connectivity index (χ1n) is 6.21. The Labute approximate surface area is 136 Å². The minimum atomic E-state index is -0.140. The van der Waals surface area contributed by atoms with Crippen molar-refractivity contribution in [3.63, 3.8) is 0 Å². The van der Waals surface area contributed by atoms with Gasteiger partial charge in [0, 0.05) is 15.8 Å². The van der Waals surface area contributed by atoms with Crippen molar-refractivity contribution >= 4 is 44.8 Å². The summed E-state index contributed by atoms with van der Waals surface area (Å²) in [6.45, 7) is 0.157. The lowest BCUT2D eigenvalue weighted by molar-refractivity contribution is -0.114. The van der Waals surface area contributed by atoms with Gasteiger partial charge in [-0.05, 0) is 58.4 Å². The number of rotatable bonds is 5.